The minimum Gasteiger partial charge on any atom is -0.508 e. The first-order valence-corrected chi connectivity index (χ1v) is 23.8. The van der Waals surface area contributed by atoms with Gasteiger partial charge in [0.15, 0.2) is 0 Å². The quantitative estimate of drug-likeness (QED) is 0.0978. The van der Waals surface area contributed by atoms with Crippen molar-refractivity contribution in [1.29, 1.82) is 0 Å². The fraction of sp³-hybridized carbons (Fsp3) is 0.480. The van der Waals surface area contributed by atoms with E-state index in [4.69, 9.17) is 56.7 Å². The molecule has 3 aromatic carbocycles. The number of nitrogens with zero attached hydrogens (tertiary/aromatic N) is 8. The summed E-state index contributed by atoms with van der Waals surface area (Å²) >= 11 is 6.12. The summed E-state index contributed by atoms with van der Waals surface area (Å²) in [5, 5.41) is 23.0. The van der Waals surface area contributed by atoms with Gasteiger partial charge in [0.2, 0.25) is 11.9 Å². The molecule has 4 saturated heterocycles. The molecule has 69 heavy (non-hydrogen) atoms. The van der Waals surface area contributed by atoms with E-state index in [9.17, 15) is 10.2 Å². The third kappa shape index (κ3) is 17.6. The smallest absolute Gasteiger partial charge is 0.229 e. The lowest BCUT2D eigenvalue weighted by Crippen LogP contribution is -2.39. The summed E-state index contributed by atoms with van der Waals surface area (Å²) in [6.45, 7) is 14.2. The fourth-order valence-corrected chi connectivity index (χ4v) is 7.79. The van der Waals surface area contributed by atoms with Crippen LogP contribution in [-0.4, -0.2) is 162 Å². The van der Waals surface area contributed by atoms with E-state index >= 15 is 0 Å². The van der Waals surface area contributed by atoms with Crippen LogP contribution in [0.25, 0.3) is 0 Å². The molecule has 0 bridgehead atoms. The number of anilines is 5. The topological polar surface area (TPSA) is 215 Å². The van der Waals surface area contributed by atoms with E-state index in [1.165, 1.54) is 5.56 Å². The molecule has 0 saturated carbocycles. The van der Waals surface area contributed by atoms with Gasteiger partial charge in [-0.3, -0.25) is 0 Å². The third-order valence-electron chi connectivity index (χ3n) is 11.3. The zero-order chi connectivity index (χ0) is 47.8. The van der Waals surface area contributed by atoms with Crippen LogP contribution >= 0.6 is 11.6 Å². The summed E-state index contributed by atoms with van der Waals surface area (Å²) in [4.78, 5) is 27.2. The minimum absolute atomic E-state index is 0. The van der Waals surface area contributed by atoms with E-state index in [1.807, 2.05) is 66.7 Å². The van der Waals surface area contributed by atoms with E-state index in [0.29, 0.717) is 81.9 Å². The van der Waals surface area contributed by atoms with Crippen LogP contribution in [0.15, 0.2) is 84.9 Å². The van der Waals surface area contributed by atoms with Crippen LogP contribution in [0.1, 0.15) is 24.1 Å². The van der Waals surface area contributed by atoms with E-state index in [-0.39, 0.29) is 7.43 Å². The van der Waals surface area contributed by atoms with Crippen molar-refractivity contribution in [3.05, 3.63) is 107 Å². The number of benzene rings is 3. The Labute approximate surface area is 412 Å². The molecule has 0 atom stereocenters. The molecule has 9 rings (SSSR count). The number of methoxy groups -OCH3 is 1. The van der Waals surface area contributed by atoms with Crippen LogP contribution in [0, 0.1) is 0 Å². The van der Waals surface area contributed by atoms with Gasteiger partial charge in [-0.2, -0.15) is 15.0 Å². The highest BCUT2D eigenvalue weighted by molar-refractivity contribution is 6.29. The molecule has 0 amide bonds. The van der Waals surface area contributed by atoms with Crippen LogP contribution in [0.4, 0.5) is 29.4 Å². The fourth-order valence-electron chi connectivity index (χ4n) is 7.62. The van der Waals surface area contributed by atoms with Gasteiger partial charge in [-0.15, -0.1) is 0 Å². The van der Waals surface area contributed by atoms with Gasteiger partial charge in [-0.05, 0) is 67.2 Å². The van der Waals surface area contributed by atoms with Gasteiger partial charge in [0.25, 0.3) is 0 Å². The lowest BCUT2D eigenvalue weighted by atomic mass is 10.1. The van der Waals surface area contributed by atoms with Crippen LogP contribution in [0.3, 0.4) is 0 Å². The van der Waals surface area contributed by atoms with Crippen molar-refractivity contribution in [2.75, 3.05) is 157 Å². The third-order valence-corrected chi connectivity index (χ3v) is 11.5. The highest BCUT2D eigenvalue weighted by atomic mass is 35.5. The molecule has 0 radical (unpaired) electrons. The number of ether oxygens (including phenoxy) is 5. The number of phenols is 2. The van der Waals surface area contributed by atoms with E-state index in [2.05, 4.69) is 34.9 Å². The van der Waals surface area contributed by atoms with Crippen LogP contribution in [0.5, 0.6) is 17.2 Å². The molecule has 5 aromatic rings. The molecule has 4 fully saturated rings. The Morgan fingerprint density at radius 2 is 0.957 bits per heavy atom. The average Bonchev–Trinajstić information content (AvgIpc) is 3.39. The van der Waals surface area contributed by atoms with Crippen molar-refractivity contribution in [3.8, 4) is 17.2 Å². The van der Waals surface area contributed by atoms with Gasteiger partial charge in [0.1, 0.15) is 39.9 Å². The molecule has 4 aliphatic rings. The molecule has 18 nitrogen and oxygen atoms in total. The first-order valence-electron chi connectivity index (χ1n) is 23.4. The Kier molecular flexibility index (Phi) is 23.6. The van der Waals surface area contributed by atoms with Gasteiger partial charge >= 0.3 is 0 Å². The molecule has 376 valence electrons. The molecular weight excluding hydrogens is 902 g/mol. The van der Waals surface area contributed by atoms with E-state index in [1.54, 1.807) is 25.3 Å². The Hall–Kier alpha value is -5.73. The number of rotatable bonds is 13. The Morgan fingerprint density at radius 1 is 0.551 bits per heavy atom. The second-order valence-electron chi connectivity index (χ2n) is 16.0. The van der Waals surface area contributed by atoms with Crippen molar-refractivity contribution >= 4 is 41.0 Å². The molecule has 4 aliphatic heterocycles. The maximum absolute atomic E-state index is 9.95. The molecular formula is C50H72ClN11O7. The maximum Gasteiger partial charge on any atom is 0.229 e. The van der Waals surface area contributed by atoms with Crippen molar-refractivity contribution in [3.63, 3.8) is 0 Å². The first-order chi connectivity index (χ1) is 33.3. The first kappa shape index (κ1) is 54.2. The average molecular weight is 975 g/mol. The number of morpholine rings is 4. The van der Waals surface area contributed by atoms with E-state index in [0.717, 1.165) is 125 Å². The van der Waals surface area contributed by atoms with Crippen LogP contribution in [0.2, 0.25) is 5.15 Å². The molecule has 2 aromatic heterocycles. The molecule has 0 spiro atoms. The summed E-state index contributed by atoms with van der Waals surface area (Å²) in [7, 11) is 1.68. The number of phenolic OH excluding ortho intramolecular Hbond substituents is 2. The van der Waals surface area contributed by atoms with E-state index < -0.39 is 0 Å². The largest absolute Gasteiger partial charge is 0.508 e. The monoisotopic (exact) mass is 974 g/mol. The van der Waals surface area contributed by atoms with Gasteiger partial charge in [-0.25, -0.2) is 4.98 Å². The van der Waals surface area contributed by atoms with Gasteiger partial charge < -0.3 is 70.3 Å². The van der Waals surface area contributed by atoms with Gasteiger partial charge in [0, 0.05) is 71.0 Å². The van der Waals surface area contributed by atoms with Crippen molar-refractivity contribution in [2.24, 2.45) is 11.5 Å². The molecule has 6 heterocycles. The summed E-state index contributed by atoms with van der Waals surface area (Å²) in [6.07, 6.45) is 2.34. The number of hydrogen-bond acceptors (Lipinski definition) is 18. The molecule has 0 unspecified atom stereocenters. The van der Waals surface area contributed by atoms with Crippen LogP contribution < -0.4 is 41.1 Å². The minimum atomic E-state index is 0. The SMILES string of the molecule is C.COc1ccccc1CCN.Clc1cc(N2CCOCC2)nc(N2CCOCC2)n1.NCCc1ccccc1O.Oc1ccccc1CCNc1cc(N2CCOCC2)nc(N2CCOCC2)n1. The van der Waals surface area contributed by atoms with Crippen LogP contribution in [-0.2, 0) is 38.2 Å². The second kappa shape index (κ2) is 30.0. The summed E-state index contributed by atoms with van der Waals surface area (Å²) in [5.41, 5.74) is 13.8. The summed E-state index contributed by atoms with van der Waals surface area (Å²) < 4.78 is 26.8. The molecule has 7 N–H and O–H groups in total. The number of nitrogens with two attached hydrogens (primary N) is 2. The maximum atomic E-state index is 9.95. The molecule has 19 heteroatoms. The molecule has 0 aliphatic carbocycles. The van der Waals surface area contributed by atoms with Gasteiger partial charge in [0.05, 0.1) is 60.0 Å². The predicted molar refractivity (Wildman–Crippen MR) is 275 cm³/mol. The predicted octanol–water partition coefficient (Wildman–Crippen LogP) is 5.04. The number of aromatic nitrogens is 4. The lowest BCUT2D eigenvalue weighted by molar-refractivity contribution is 0.121. The standard InChI is InChI=1S/C20H27N5O3.C12H17ClN4O2.C9H13NO.C8H11NO.CH4/c26-17-4-2-1-3-16(17)5-6-21-18-15-19(24-7-11-27-12-8-24)23-20(22-18)25-9-13-28-14-10-25;13-10-9-11(16-1-5-18-6-2-16)15-12(14-10)17-3-7-19-8-4-17;1-11-9-5-3-2-4-8(9)6-7-10;9-6-5-7-3-1-2-4-8(7)10;/h1-4,15,26H,5-14H2,(H,21,22,23);9H,1-8H2;2-5H,6-7,10H2,1H3;1-4,10H,5-6,9H2;1H4. The highest BCUT2D eigenvalue weighted by Crippen LogP contribution is 2.25. The number of halogens is 1. The lowest BCUT2D eigenvalue weighted by Gasteiger charge is -2.31. The zero-order valence-corrected chi connectivity index (χ0v) is 39.9. The normalized spacial score (nSPS) is 15.8. The number of hydrogen-bond donors (Lipinski definition) is 5. The van der Waals surface area contributed by atoms with Gasteiger partial charge in [-0.1, -0.05) is 73.6 Å². The summed E-state index contributed by atoms with van der Waals surface area (Å²) in [5.74, 6) is 5.62. The van der Waals surface area contributed by atoms with Crippen molar-refractivity contribution < 1.29 is 33.9 Å². The highest BCUT2D eigenvalue weighted by Gasteiger charge is 2.21. The Balaban J connectivity index is 0.000000187. The summed E-state index contributed by atoms with van der Waals surface area (Å²) in [6, 6.07) is 26.4. The second-order valence-corrected chi connectivity index (χ2v) is 16.4. The zero-order valence-electron chi connectivity index (χ0n) is 39.2. The van der Waals surface area contributed by atoms with Crippen molar-refractivity contribution in [1.82, 2.24) is 19.9 Å². The number of para-hydroxylation sites is 3. The number of aromatic hydroxyl groups is 2. The Bertz CT molecular complexity index is 2150. The number of nitrogens with one attached hydrogen (secondary N) is 1. The van der Waals surface area contributed by atoms with Crippen molar-refractivity contribution in [2.45, 2.75) is 26.7 Å². The Morgan fingerprint density at radius 3 is 1.43 bits per heavy atom.